The summed E-state index contributed by atoms with van der Waals surface area (Å²) < 4.78 is 91.5. The zero-order chi connectivity index (χ0) is 41.2. The number of carbonyl (C=O) groups excluding carboxylic acids is 4. The van der Waals surface area contributed by atoms with Gasteiger partial charge in [0.2, 0.25) is 22.7 Å². The van der Waals surface area contributed by atoms with Crippen LogP contribution in [0.2, 0.25) is 0 Å². The second-order valence-corrected chi connectivity index (χ2v) is 17.0. The fourth-order valence-corrected chi connectivity index (χ4v) is 8.30. The zero-order valence-electron chi connectivity index (χ0n) is 31.4. The first-order valence-electron chi connectivity index (χ1n) is 18.3. The van der Waals surface area contributed by atoms with Crippen molar-refractivity contribution in [3.63, 3.8) is 0 Å². The third-order valence-electron chi connectivity index (χ3n) is 10.5. The minimum Gasteiger partial charge on any atom is -0.497 e. The highest BCUT2D eigenvalue weighted by atomic mass is 32.2. The van der Waals surface area contributed by atoms with Crippen LogP contribution in [0.1, 0.15) is 76.4 Å². The quantitative estimate of drug-likeness (QED) is 0.236. The molecule has 6 rings (SSSR count). The number of halogens is 4. The number of carbonyl (C=O) groups is 4. The lowest BCUT2D eigenvalue weighted by Gasteiger charge is -2.27. The summed E-state index contributed by atoms with van der Waals surface area (Å²) in [6.07, 6.45) is -0.656. The predicted molar refractivity (Wildman–Crippen MR) is 200 cm³/mol. The number of rotatable bonds is 7. The molecule has 3 heterocycles. The summed E-state index contributed by atoms with van der Waals surface area (Å²) in [6, 6.07) is 6.37. The summed E-state index contributed by atoms with van der Waals surface area (Å²) in [7, 11) is -2.99. The van der Waals surface area contributed by atoms with E-state index in [9.17, 15) is 45.2 Å². The number of nitrogens with two attached hydrogens (primary N) is 1. The Bertz CT molecular complexity index is 1980. The van der Waals surface area contributed by atoms with E-state index in [-0.39, 0.29) is 54.8 Å². The minimum atomic E-state index is -4.58. The Morgan fingerprint density at radius 2 is 1.86 bits per heavy atom. The van der Waals surface area contributed by atoms with Gasteiger partial charge in [0.1, 0.15) is 23.4 Å². The van der Waals surface area contributed by atoms with Crippen molar-refractivity contribution in [2.45, 2.75) is 107 Å². The maximum absolute atomic E-state index is 14.6. The van der Waals surface area contributed by atoms with Crippen LogP contribution in [0.5, 0.6) is 11.6 Å². The molecule has 2 aliphatic heterocycles. The Morgan fingerprint density at radius 1 is 1.14 bits per heavy atom. The number of nitrogens with zero attached hydrogens (tertiary/aromatic N) is 2. The molecule has 56 heavy (non-hydrogen) atoms. The van der Waals surface area contributed by atoms with Gasteiger partial charge in [0.05, 0.1) is 13.7 Å². The number of hydrogen-bond donors (Lipinski definition) is 3. The van der Waals surface area contributed by atoms with Gasteiger partial charge in [-0.1, -0.05) is 26.0 Å². The van der Waals surface area contributed by atoms with Gasteiger partial charge in [-0.25, -0.2) is 27.3 Å². The van der Waals surface area contributed by atoms with E-state index in [2.05, 4.69) is 27.7 Å². The molecule has 314 valence electrons. The van der Waals surface area contributed by atoms with Crippen LogP contribution in [-0.4, -0.2) is 90.7 Å². The molecular weight excluding hydrogens is 766 g/mol. The van der Waals surface area contributed by atoms with E-state index in [1.54, 1.807) is 19.4 Å². The van der Waals surface area contributed by atoms with Gasteiger partial charge in [-0.05, 0) is 74.1 Å². The molecule has 4 aliphatic rings. The zero-order valence-corrected chi connectivity index (χ0v) is 32.3. The third-order valence-corrected chi connectivity index (χ3v) is 12.3. The molecule has 1 saturated heterocycles. The van der Waals surface area contributed by atoms with E-state index in [0.717, 1.165) is 30.0 Å². The van der Waals surface area contributed by atoms with Crippen LogP contribution in [0, 0.1) is 17.8 Å². The SMILES string of the molecule is COc1ccc2c(O[C@@H]3C[C@H]4C(=O)N[C@]5(C(=O)NS(=O)(=O)C6(F)CC6)C[C@H]5/C=C\CC[C@@H](C)C[C@@H](C)CC(=O)N4C3)nccc2c1.C[C@@H](OC(N)=O)C(F)(F)F.[HH].[HH].[HH]. The fourth-order valence-electron chi connectivity index (χ4n) is 7.06. The Hall–Kier alpha value is -4.68. The highest BCUT2D eigenvalue weighted by Crippen LogP contribution is 2.48. The van der Waals surface area contributed by atoms with Gasteiger partial charge in [-0.15, -0.1) is 0 Å². The van der Waals surface area contributed by atoms with Crippen LogP contribution in [0.3, 0.4) is 0 Å². The molecule has 19 heteroatoms. The summed E-state index contributed by atoms with van der Waals surface area (Å²) in [5, 5.41) is 1.93. The number of pyridine rings is 1. The Morgan fingerprint density at radius 3 is 2.48 bits per heavy atom. The lowest BCUT2D eigenvalue weighted by Crippen LogP contribution is -2.57. The maximum atomic E-state index is 14.6. The molecule has 3 fully saturated rings. The summed E-state index contributed by atoms with van der Waals surface area (Å²) in [6.45, 7) is 5.00. The smallest absolute Gasteiger partial charge is 0.425 e. The number of primary amides is 1. The van der Waals surface area contributed by atoms with Gasteiger partial charge in [0.15, 0.2) is 6.10 Å². The van der Waals surface area contributed by atoms with Crippen molar-refractivity contribution in [3.8, 4) is 11.6 Å². The largest absolute Gasteiger partial charge is 0.497 e. The van der Waals surface area contributed by atoms with Crippen molar-refractivity contribution in [2.75, 3.05) is 13.7 Å². The van der Waals surface area contributed by atoms with E-state index >= 15 is 0 Å². The number of fused-ring (bicyclic) bond motifs is 3. The summed E-state index contributed by atoms with van der Waals surface area (Å²) in [5.41, 5.74) is 2.75. The standard InChI is InChI=1S/C33H41FN4O7S.C4H6F3NO2.3H2/c1-20-6-4-5-7-23-18-33(23,31(41)37-46(42,43)32(34)11-12-32)36-29(40)27-17-25(19-38(27)28(39)15-21(2)14-20)45-30-26-9-8-24(44-3)16-22(26)10-13-35-30;1-2(4(5,6)7)10-3(8)9;;;/h5,7-10,13,16,20-21,23,25,27H,4,6,11-12,14-15,17-19H2,1-3H3,(H,36,40)(H,37,41);2H,1H3,(H2,8,9);3*1H/b7-5-;;;;/t20-,21-,23-,25-,27+,33-;2-;;;/m11.../s1. The van der Waals surface area contributed by atoms with Crippen molar-refractivity contribution in [3.05, 3.63) is 42.6 Å². The van der Waals surface area contributed by atoms with Gasteiger partial charge in [0, 0.05) is 47.5 Å². The van der Waals surface area contributed by atoms with Crippen LogP contribution in [0.15, 0.2) is 42.6 Å². The normalized spacial score (nSPS) is 28.7. The average Bonchev–Trinajstić information content (AvgIpc) is 3.99. The van der Waals surface area contributed by atoms with Gasteiger partial charge in [-0.2, -0.15) is 13.2 Å². The Balaban J connectivity index is 0.000000821. The number of hydrogen-bond acceptors (Lipinski definition) is 10. The Labute approximate surface area is 326 Å². The molecule has 2 aliphatic carbocycles. The number of ether oxygens (including phenoxy) is 3. The number of alkyl halides is 4. The number of aromatic nitrogens is 1. The van der Waals surface area contributed by atoms with Gasteiger partial charge < -0.3 is 30.2 Å². The molecule has 7 atom stereocenters. The minimum absolute atomic E-state index is 0. The number of sulfonamides is 1. The predicted octanol–water partition coefficient (Wildman–Crippen LogP) is 5.55. The molecule has 0 radical (unpaired) electrons. The topological polar surface area (TPSA) is 196 Å². The summed E-state index contributed by atoms with van der Waals surface area (Å²) >= 11 is 0. The van der Waals surface area contributed by atoms with Gasteiger partial charge >= 0.3 is 12.3 Å². The second-order valence-electron chi connectivity index (χ2n) is 15.1. The summed E-state index contributed by atoms with van der Waals surface area (Å²) in [4.78, 5) is 56.9. The fraction of sp³-hybridized carbons (Fsp3) is 0.595. The molecule has 4 amide bonds. The first kappa shape index (κ1) is 42.5. The Kier molecular flexibility index (Phi) is 12.5. The first-order valence-corrected chi connectivity index (χ1v) is 19.8. The molecule has 1 aromatic heterocycles. The number of amides is 4. The van der Waals surface area contributed by atoms with Crippen molar-refractivity contribution < 1.29 is 63.6 Å². The lowest BCUT2D eigenvalue weighted by molar-refractivity contribution is -0.196. The van der Waals surface area contributed by atoms with Crippen molar-refractivity contribution >= 4 is 44.6 Å². The molecule has 0 unspecified atom stereocenters. The van der Waals surface area contributed by atoms with E-state index < -0.39 is 68.8 Å². The van der Waals surface area contributed by atoms with Crippen LogP contribution < -0.4 is 25.2 Å². The molecule has 2 aromatic rings. The highest BCUT2D eigenvalue weighted by Gasteiger charge is 2.64. The van der Waals surface area contributed by atoms with Crippen LogP contribution >= 0.6 is 0 Å². The number of nitrogens with one attached hydrogen (secondary N) is 2. The van der Waals surface area contributed by atoms with Crippen LogP contribution in [0.25, 0.3) is 10.8 Å². The van der Waals surface area contributed by atoms with Crippen LogP contribution in [-0.2, 0) is 29.1 Å². The van der Waals surface area contributed by atoms with Crippen molar-refractivity contribution in [1.29, 1.82) is 0 Å². The number of methoxy groups -OCH3 is 1. The van der Waals surface area contributed by atoms with Crippen molar-refractivity contribution in [2.24, 2.45) is 23.5 Å². The molecule has 0 bridgehead atoms. The van der Waals surface area contributed by atoms with E-state index in [4.69, 9.17) is 9.47 Å². The first-order chi connectivity index (χ1) is 26.2. The van der Waals surface area contributed by atoms with E-state index in [1.807, 2.05) is 42.0 Å². The van der Waals surface area contributed by atoms with Crippen LogP contribution in [0.4, 0.5) is 22.4 Å². The number of allylic oxidation sites excluding steroid dienone is 1. The monoisotopic (exact) mass is 819 g/mol. The molecular formula is C37H53F4N5O9S. The lowest BCUT2D eigenvalue weighted by atomic mass is 9.91. The van der Waals surface area contributed by atoms with Gasteiger partial charge in [0.25, 0.3) is 15.9 Å². The highest BCUT2D eigenvalue weighted by molar-refractivity contribution is 7.91. The maximum Gasteiger partial charge on any atom is 0.425 e. The molecule has 4 N–H and O–H groups in total. The third kappa shape index (κ3) is 9.81. The molecule has 14 nitrogen and oxygen atoms in total. The average molecular weight is 820 g/mol. The van der Waals surface area contributed by atoms with E-state index in [0.29, 0.717) is 24.5 Å². The van der Waals surface area contributed by atoms with Crippen molar-refractivity contribution in [1.82, 2.24) is 19.9 Å². The second kappa shape index (κ2) is 16.4. The molecule has 1 aromatic carbocycles. The molecule has 0 spiro atoms. The molecule has 2 saturated carbocycles. The number of benzene rings is 1. The van der Waals surface area contributed by atoms with E-state index in [1.165, 1.54) is 4.90 Å². The van der Waals surface area contributed by atoms with Gasteiger partial charge in [-0.3, -0.25) is 14.4 Å². The summed E-state index contributed by atoms with van der Waals surface area (Å²) in [5.74, 6) is -0.764.